The van der Waals surface area contributed by atoms with E-state index in [1.54, 1.807) is 12.5 Å². The monoisotopic (exact) mass is 421 g/mol. The topological polar surface area (TPSA) is 76.2 Å². The van der Waals surface area contributed by atoms with Crippen LogP contribution in [-0.4, -0.2) is 45.2 Å². The second-order valence-corrected chi connectivity index (χ2v) is 9.13. The third kappa shape index (κ3) is 4.11. The van der Waals surface area contributed by atoms with E-state index < -0.39 is 0 Å². The van der Waals surface area contributed by atoms with Crippen LogP contribution in [0.2, 0.25) is 0 Å². The van der Waals surface area contributed by atoms with Crippen LogP contribution in [0, 0.1) is 0 Å². The Hall–Kier alpha value is -2.67. The van der Waals surface area contributed by atoms with Gasteiger partial charge in [-0.25, -0.2) is 9.67 Å². The summed E-state index contributed by atoms with van der Waals surface area (Å²) in [7, 11) is 0. The maximum atomic E-state index is 13.4. The number of fused-ring (bicyclic) bond motifs is 1. The second-order valence-electron chi connectivity index (χ2n) is 9.13. The Morgan fingerprint density at radius 3 is 2.74 bits per heavy atom. The van der Waals surface area contributed by atoms with E-state index in [1.807, 2.05) is 22.9 Å². The van der Waals surface area contributed by atoms with Crippen LogP contribution in [0.1, 0.15) is 85.8 Å². The number of carbonyl (C=O) groups excluding carboxylic acids is 1. The average molecular weight is 422 g/mol. The first-order chi connectivity index (χ1) is 15.1. The summed E-state index contributed by atoms with van der Waals surface area (Å²) in [6.07, 6.45) is 9.43. The number of furan rings is 1. The zero-order valence-electron chi connectivity index (χ0n) is 18.4. The zero-order chi connectivity index (χ0) is 21.4. The van der Waals surface area contributed by atoms with Crippen molar-refractivity contribution in [1.29, 1.82) is 0 Å². The van der Waals surface area contributed by atoms with Gasteiger partial charge in [0.15, 0.2) is 5.65 Å². The molecule has 164 valence electrons. The molecule has 1 aliphatic carbocycles. The van der Waals surface area contributed by atoms with Crippen LogP contribution in [-0.2, 0) is 0 Å². The number of likely N-dealkylation sites (tertiary alicyclic amines) is 1. The van der Waals surface area contributed by atoms with Gasteiger partial charge >= 0.3 is 0 Å². The summed E-state index contributed by atoms with van der Waals surface area (Å²) in [6, 6.07) is 6.15. The van der Waals surface area contributed by atoms with E-state index >= 15 is 0 Å². The number of pyridine rings is 1. The van der Waals surface area contributed by atoms with Crippen molar-refractivity contribution in [2.24, 2.45) is 0 Å². The molecule has 1 saturated carbocycles. The van der Waals surface area contributed by atoms with Crippen molar-refractivity contribution >= 4 is 16.9 Å². The van der Waals surface area contributed by atoms with Crippen LogP contribution < -0.4 is 5.32 Å². The minimum atomic E-state index is -0.0637. The first-order valence-electron chi connectivity index (χ1n) is 11.6. The van der Waals surface area contributed by atoms with Gasteiger partial charge in [0.05, 0.1) is 29.5 Å². The lowest BCUT2D eigenvalue weighted by atomic mass is 10.1. The number of piperidine rings is 1. The molecule has 1 atom stereocenters. The minimum absolute atomic E-state index is 0.0536. The van der Waals surface area contributed by atoms with Crippen molar-refractivity contribution in [3.8, 4) is 0 Å². The molecule has 0 spiro atoms. The molecule has 0 radical (unpaired) electrons. The Morgan fingerprint density at radius 1 is 1.26 bits per heavy atom. The Balaban J connectivity index is 1.41. The third-order valence-corrected chi connectivity index (χ3v) is 6.47. The van der Waals surface area contributed by atoms with E-state index in [9.17, 15) is 4.79 Å². The van der Waals surface area contributed by atoms with Gasteiger partial charge in [-0.05, 0) is 70.8 Å². The molecule has 0 aromatic carbocycles. The lowest BCUT2D eigenvalue weighted by molar-refractivity contribution is 0.0915. The van der Waals surface area contributed by atoms with Gasteiger partial charge in [-0.3, -0.25) is 9.69 Å². The van der Waals surface area contributed by atoms with Crippen molar-refractivity contribution in [3.05, 3.63) is 47.7 Å². The molecule has 1 N–H and O–H groups in total. The minimum Gasteiger partial charge on any atom is -0.468 e. The van der Waals surface area contributed by atoms with Crippen LogP contribution in [0.3, 0.4) is 0 Å². The second kappa shape index (κ2) is 8.46. The fourth-order valence-corrected chi connectivity index (χ4v) is 4.60. The van der Waals surface area contributed by atoms with Gasteiger partial charge < -0.3 is 9.73 Å². The fraction of sp³-hybridized carbons (Fsp3) is 0.542. The van der Waals surface area contributed by atoms with E-state index in [0.717, 1.165) is 48.4 Å². The van der Waals surface area contributed by atoms with Crippen molar-refractivity contribution < 1.29 is 9.21 Å². The number of nitrogens with one attached hydrogen (secondary N) is 1. The van der Waals surface area contributed by atoms with E-state index in [4.69, 9.17) is 9.40 Å². The van der Waals surface area contributed by atoms with Gasteiger partial charge in [0.2, 0.25) is 0 Å². The number of carbonyl (C=O) groups is 1. The Morgan fingerprint density at radius 2 is 2.06 bits per heavy atom. The van der Waals surface area contributed by atoms with Crippen molar-refractivity contribution in [3.63, 3.8) is 0 Å². The van der Waals surface area contributed by atoms with Crippen LogP contribution in [0.25, 0.3) is 11.0 Å². The number of aromatic nitrogens is 3. The third-order valence-electron chi connectivity index (χ3n) is 6.47. The highest BCUT2D eigenvalue weighted by Crippen LogP contribution is 2.40. The first-order valence-corrected chi connectivity index (χ1v) is 11.6. The molecule has 0 bridgehead atoms. The molecule has 2 fully saturated rings. The smallest absolute Gasteiger partial charge is 0.252 e. The predicted molar refractivity (Wildman–Crippen MR) is 119 cm³/mol. The van der Waals surface area contributed by atoms with E-state index in [0.29, 0.717) is 18.0 Å². The standard InChI is InChI=1S/C24H31N5O2/c1-16(2)29-23-19(14-26-29)18(13-20(27-23)17-8-9-17)24(30)25-15-21(22-7-6-12-31-22)28-10-4-3-5-11-28/h6-7,12-14,16-17,21H,3-5,8-11,15H2,1-2H3,(H,25,30)/t21-/m1/s1. The van der Waals surface area contributed by atoms with Crippen LogP contribution in [0.5, 0.6) is 0 Å². The van der Waals surface area contributed by atoms with E-state index in [-0.39, 0.29) is 18.0 Å². The molecule has 1 saturated heterocycles. The number of hydrogen-bond acceptors (Lipinski definition) is 5. The summed E-state index contributed by atoms with van der Waals surface area (Å²) < 4.78 is 7.64. The Bertz CT molecular complexity index is 1050. The zero-order valence-corrected chi connectivity index (χ0v) is 18.4. The molecule has 7 nitrogen and oxygen atoms in total. The Kier molecular flexibility index (Phi) is 5.52. The normalized spacial score (nSPS) is 18.5. The molecule has 1 aliphatic heterocycles. The summed E-state index contributed by atoms with van der Waals surface area (Å²) in [5.41, 5.74) is 2.50. The summed E-state index contributed by atoms with van der Waals surface area (Å²) in [6.45, 7) is 6.77. The lowest BCUT2D eigenvalue weighted by Crippen LogP contribution is -2.40. The van der Waals surface area contributed by atoms with Crippen LogP contribution >= 0.6 is 0 Å². The van der Waals surface area contributed by atoms with E-state index in [1.165, 1.54) is 19.3 Å². The van der Waals surface area contributed by atoms with Gasteiger partial charge in [0.1, 0.15) is 5.76 Å². The lowest BCUT2D eigenvalue weighted by Gasteiger charge is -2.33. The van der Waals surface area contributed by atoms with Crippen molar-refractivity contribution in [2.75, 3.05) is 19.6 Å². The summed E-state index contributed by atoms with van der Waals surface area (Å²) >= 11 is 0. The van der Waals surface area contributed by atoms with Gasteiger partial charge in [-0.15, -0.1) is 0 Å². The number of amides is 1. The highest BCUT2D eigenvalue weighted by molar-refractivity contribution is 6.05. The predicted octanol–water partition coefficient (Wildman–Crippen LogP) is 4.44. The molecule has 31 heavy (non-hydrogen) atoms. The molecule has 7 heteroatoms. The maximum absolute atomic E-state index is 13.4. The van der Waals surface area contributed by atoms with E-state index in [2.05, 4.69) is 29.2 Å². The highest BCUT2D eigenvalue weighted by atomic mass is 16.3. The van der Waals surface area contributed by atoms with Gasteiger partial charge in [0.25, 0.3) is 5.91 Å². The molecular formula is C24H31N5O2. The SMILES string of the molecule is CC(C)n1ncc2c(C(=O)NC[C@H](c3ccco3)N3CCCCC3)cc(C3CC3)nc21. The molecule has 3 aromatic rings. The van der Waals surface area contributed by atoms with Crippen LogP contribution in [0.15, 0.2) is 35.1 Å². The highest BCUT2D eigenvalue weighted by Gasteiger charge is 2.29. The molecule has 1 amide bonds. The number of hydrogen-bond donors (Lipinski definition) is 1. The number of nitrogens with zero attached hydrogens (tertiary/aromatic N) is 4. The maximum Gasteiger partial charge on any atom is 0.252 e. The molecule has 3 aromatic heterocycles. The van der Waals surface area contributed by atoms with Crippen LogP contribution in [0.4, 0.5) is 0 Å². The molecule has 5 rings (SSSR count). The first kappa shape index (κ1) is 20.2. The summed E-state index contributed by atoms with van der Waals surface area (Å²) in [5, 5.41) is 8.54. The van der Waals surface area contributed by atoms with Crippen molar-refractivity contribution in [2.45, 2.75) is 64.0 Å². The molecular weight excluding hydrogens is 390 g/mol. The van der Waals surface area contributed by atoms with Gasteiger partial charge in [-0.2, -0.15) is 5.10 Å². The molecule has 0 unspecified atom stereocenters. The molecule has 2 aliphatic rings. The van der Waals surface area contributed by atoms with Crippen molar-refractivity contribution in [1.82, 2.24) is 25.0 Å². The largest absolute Gasteiger partial charge is 0.468 e. The average Bonchev–Trinajstić information content (AvgIpc) is 3.31. The van der Waals surface area contributed by atoms with Gasteiger partial charge in [-0.1, -0.05) is 6.42 Å². The summed E-state index contributed by atoms with van der Waals surface area (Å²) in [4.78, 5) is 20.7. The Labute approximate surface area is 182 Å². The summed E-state index contributed by atoms with van der Waals surface area (Å²) in [5.74, 6) is 1.32. The fourth-order valence-electron chi connectivity index (χ4n) is 4.60. The quantitative estimate of drug-likeness (QED) is 0.610. The number of rotatable bonds is 7. The molecule has 4 heterocycles. The van der Waals surface area contributed by atoms with Gasteiger partial charge in [0, 0.05) is 24.2 Å².